The highest BCUT2D eigenvalue weighted by atomic mass is 35.5. The van der Waals surface area contributed by atoms with E-state index in [-0.39, 0.29) is 0 Å². The van der Waals surface area contributed by atoms with Gasteiger partial charge in [-0.1, -0.05) is 40.9 Å². The second-order valence-corrected chi connectivity index (χ2v) is 6.20. The number of hydrogen-bond donors (Lipinski definition) is 2. The van der Waals surface area contributed by atoms with Crippen LogP contribution in [0.25, 0.3) is 0 Å². The quantitative estimate of drug-likeness (QED) is 0.663. The molecule has 0 unspecified atom stereocenters. The molecule has 0 saturated carbocycles. The van der Waals surface area contributed by atoms with Crippen molar-refractivity contribution in [2.24, 2.45) is 0 Å². The first kappa shape index (κ1) is 16.5. The van der Waals surface area contributed by atoms with E-state index < -0.39 is 0 Å². The van der Waals surface area contributed by atoms with E-state index in [1.807, 2.05) is 19.1 Å². The van der Waals surface area contributed by atoms with Crippen LogP contribution in [0.15, 0.2) is 42.6 Å². The Morgan fingerprint density at radius 1 is 0.917 bits per heavy atom. The van der Waals surface area contributed by atoms with Crippen molar-refractivity contribution >= 4 is 46.3 Å². The third-order valence-electron chi connectivity index (χ3n) is 3.38. The first-order valence-electron chi connectivity index (χ1n) is 7.27. The molecule has 0 radical (unpaired) electrons. The Morgan fingerprint density at radius 2 is 1.75 bits per heavy atom. The molecule has 1 heterocycles. The molecule has 0 aliphatic heterocycles. The highest BCUT2D eigenvalue weighted by Gasteiger charge is 2.07. The Balaban J connectivity index is 1.82. The zero-order chi connectivity index (χ0) is 17.1. The van der Waals surface area contributed by atoms with E-state index in [9.17, 15) is 0 Å². The second-order valence-electron chi connectivity index (χ2n) is 5.36. The van der Waals surface area contributed by atoms with Gasteiger partial charge in [-0.2, -0.15) is 10.1 Å². The molecule has 0 fully saturated rings. The highest BCUT2D eigenvalue weighted by Crippen LogP contribution is 2.27. The summed E-state index contributed by atoms with van der Waals surface area (Å²) >= 11 is 12.1. The van der Waals surface area contributed by atoms with Crippen LogP contribution in [-0.4, -0.2) is 15.2 Å². The maximum Gasteiger partial charge on any atom is 0.249 e. The van der Waals surface area contributed by atoms with E-state index in [1.54, 1.807) is 24.4 Å². The van der Waals surface area contributed by atoms with E-state index in [0.29, 0.717) is 27.5 Å². The van der Waals surface area contributed by atoms with E-state index in [2.05, 4.69) is 38.8 Å². The van der Waals surface area contributed by atoms with Gasteiger partial charge in [0.2, 0.25) is 5.95 Å². The van der Waals surface area contributed by atoms with Crippen molar-refractivity contribution in [3.63, 3.8) is 0 Å². The van der Waals surface area contributed by atoms with Gasteiger partial charge in [0.1, 0.15) is 0 Å². The lowest BCUT2D eigenvalue weighted by molar-refractivity contribution is 0.982. The Hall–Kier alpha value is -2.37. The summed E-state index contributed by atoms with van der Waals surface area (Å²) in [5, 5.41) is 15.3. The molecule has 2 aromatic carbocycles. The largest absolute Gasteiger partial charge is 0.339 e. The number of benzene rings is 2. The van der Waals surface area contributed by atoms with Gasteiger partial charge in [-0.3, -0.25) is 0 Å². The molecule has 2 N–H and O–H groups in total. The van der Waals surface area contributed by atoms with Gasteiger partial charge in [-0.25, -0.2) is 0 Å². The monoisotopic (exact) mass is 359 g/mol. The number of nitrogens with zero attached hydrogens (tertiary/aromatic N) is 3. The summed E-state index contributed by atoms with van der Waals surface area (Å²) < 4.78 is 0. The maximum absolute atomic E-state index is 6.14. The van der Waals surface area contributed by atoms with Crippen molar-refractivity contribution in [1.82, 2.24) is 15.2 Å². The zero-order valence-corrected chi connectivity index (χ0v) is 14.7. The Kier molecular flexibility index (Phi) is 4.83. The SMILES string of the molecule is Cc1ccc(Nc2cnnc(Nc3cc(Cl)ccc3Cl)n2)c(C)c1. The summed E-state index contributed by atoms with van der Waals surface area (Å²) in [5.41, 5.74) is 3.92. The van der Waals surface area contributed by atoms with Gasteiger partial charge < -0.3 is 10.6 Å². The molecule has 3 aromatic rings. The molecule has 0 amide bonds. The molecule has 122 valence electrons. The van der Waals surface area contributed by atoms with Crippen LogP contribution < -0.4 is 10.6 Å². The first-order valence-corrected chi connectivity index (χ1v) is 8.03. The molecule has 0 spiro atoms. The van der Waals surface area contributed by atoms with Gasteiger partial charge in [0, 0.05) is 10.7 Å². The van der Waals surface area contributed by atoms with Crippen molar-refractivity contribution < 1.29 is 0 Å². The number of halogens is 2. The number of hydrogen-bond acceptors (Lipinski definition) is 5. The van der Waals surface area contributed by atoms with E-state index in [4.69, 9.17) is 23.2 Å². The fourth-order valence-corrected chi connectivity index (χ4v) is 2.56. The Labute approximate surface area is 150 Å². The molecule has 0 atom stereocenters. The molecule has 24 heavy (non-hydrogen) atoms. The van der Waals surface area contributed by atoms with Crippen molar-refractivity contribution in [2.75, 3.05) is 10.6 Å². The predicted molar refractivity (Wildman–Crippen MR) is 98.8 cm³/mol. The van der Waals surface area contributed by atoms with Crippen molar-refractivity contribution in [3.05, 3.63) is 63.8 Å². The molecule has 0 aliphatic rings. The lowest BCUT2D eigenvalue weighted by Crippen LogP contribution is -2.03. The van der Waals surface area contributed by atoms with Gasteiger partial charge in [-0.05, 0) is 43.7 Å². The predicted octanol–water partition coefficient (Wildman–Crippen LogP) is 5.28. The summed E-state index contributed by atoms with van der Waals surface area (Å²) in [6, 6.07) is 11.3. The summed E-state index contributed by atoms with van der Waals surface area (Å²) in [5.74, 6) is 0.909. The number of rotatable bonds is 4. The lowest BCUT2D eigenvalue weighted by Gasteiger charge is -2.11. The fourth-order valence-electron chi connectivity index (χ4n) is 2.22. The zero-order valence-electron chi connectivity index (χ0n) is 13.1. The molecule has 0 bridgehead atoms. The topological polar surface area (TPSA) is 62.7 Å². The minimum absolute atomic E-state index is 0.328. The molecular formula is C17H15Cl2N5. The molecule has 0 saturated heterocycles. The second kappa shape index (κ2) is 7.03. The first-order chi connectivity index (χ1) is 11.5. The van der Waals surface area contributed by atoms with Gasteiger partial charge in [-0.15, -0.1) is 5.10 Å². The molecular weight excluding hydrogens is 345 g/mol. The minimum Gasteiger partial charge on any atom is -0.339 e. The van der Waals surface area contributed by atoms with Crippen LogP contribution in [-0.2, 0) is 0 Å². The van der Waals surface area contributed by atoms with Crippen LogP contribution in [0.1, 0.15) is 11.1 Å². The molecule has 1 aromatic heterocycles. The van der Waals surface area contributed by atoms with Crippen LogP contribution in [0.2, 0.25) is 10.0 Å². The molecule has 5 nitrogen and oxygen atoms in total. The summed E-state index contributed by atoms with van der Waals surface area (Å²) in [6.45, 7) is 4.09. The number of anilines is 4. The summed E-state index contributed by atoms with van der Waals surface area (Å²) in [6.07, 6.45) is 1.56. The molecule has 0 aliphatic carbocycles. The number of aryl methyl sites for hydroxylation is 2. The molecule has 3 rings (SSSR count). The van der Waals surface area contributed by atoms with Gasteiger partial charge in [0.05, 0.1) is 16.9 Å². The standard InChI is InChI=1S/C17H15Cl2N5/c1-10-3-6-14(11(2)7-10)21-16-9-20-24-17(23-16)22-15-8-12(18)4-5-13(15)19/h3-9H,1-2H3,(H2,21,22,23,24). The third kappa shape index (κ3) is 3.93. The summed E-state index contributed by atoms with van der Waals surface area (Å²) in [4.78, 5) is 4.40. The van der Waals surface area contributed by atoms with Crippen molar-refractivity contribution in [2.45, 2.75) is 13.8 Å². The average Bonchev–Trinajstić information content (AvgIpc) is 2.54. The smallest absolute Gasteiger partial charge is 0.249 e. The fraction of sp³-hybridized carbons (Fsp3) is 0.118. The Morgan fingerprint density at radius 3 is 2.54 bits per heavy atom. The average molecular weight is 360 g/mol. The van der Waals surface area contributed by atoms with Crippen molar-refractivity contribution in [1.29, 1.82) is 0 Å². The summed E-state index contributed by atoms with van der Waals surface area (Å²) in [7, 11) is 0. The van der Waals surface area contributed by atoms with E-state index >= 15 is 0 Å². The Bertz CT molecular complexity index is 883. The van der Waals surface area contributed by atoms with Crippen LogP contribution in [0.3, 0.4) is 0 Å². The number of aromatic nitrogens is 3. The maximum atomic E-state index is 6.14. The van der Waals surface area contributed by atoms with Crippen molar-refractivity contribution in [3.8, 4) is 0 Å². The third-order valence-corrected chi connectivity index (χ3v) is 3.94. The van der Waals surface area contributed by atoms with Crippen LogP contribution in [0.5, 0.6) is 0 Å². The van der Waals surface area contributed by atoms with E-state index in [1.165, 1.54) is 5.56 Å². The van der Waals surface area contributed by atoms with E-state index in [0.717, 1.165) is 11.3 Å². The van der Waals surface area contributed by atoms with Crippen LogP contribution >= 0.6 is 23.2 Å². The van der Waals surface area contributed by atoms with Crippen LogP contribution in [0, 0.1) is 13.8 Å². The highest BCUT2D eigenvalue weighted by molar-refractivity contribution is 6.35. The van der Waals surface area contributed by atoms with Gasteiger partial charge >= 0.3 is 0 Å². The normalized spacial score (nSPS) is 10.5. The minimum atomic E-state index is 0.328. The lowest BCUT2D eigenvalue weighted by atomic mass is 10.1. The number of nitrogens with one attached hydrogen (secondary N) is 2. The molecule has 7 heteroatoms. The van der Waals surface area contributed by atoms with Gasteiger partial charge in [0.25, 0.3) is 0 Å². The van der Waals surface area contributed by atoms with Crippen LogP contribution in [0.4, 0.5) is 23.1 Å². The van der Waals surface area contributed by atoms with Gasteiger partial charge in [0.15, 0.2) is 5.82 Å².